The van der Waals surface area contributed by atoms with Crippen molar-refractivity contribution in [2.75, 3.05) is 10.6 Å². The molecule has 0 aliphatic rings. The minimum absolute atomic E-state index is 0.295. The van der Waals surface area contributed by atoms with E-state index in [1.165, 1.54) is 0 Å². The van der Waals surface area contributed by atoms with Crippen LogP contribution in [0, 0.1) is 0 Å². The lowest BCUT2D eigenvalue weighted by Gasteiger charge is -2.07. The Balaban J connectivity index is 1.71. The molecule has 0 saturated heterocycles. The Morgan fingerprint density at radius 1 is 1.04 bits per heavy atom. The molecule has 0 bridgehead atoms. The van der Waals surface area contributed by atoms with Gasteiger partial charge < -0.3 is 16.4 Å². The van der Waals surface area contributed by atoms with Gasteiger partial charge in [0.1, 0.15) is 6.33 Å². The van der Waals surface area contributed by atoms with Crippen molar-refractivity contribution in [3.05, 3.63) is 60.4 Å². The van der Waals surface area contributed by atoms with Crippen LogP contribution < -0.4 is 16.4 Å². The van der Waals surface area contributed by atoms with Crippen LogP contribution in [-0.4, -0.2) is 26.7 Å². The summed E-state index contributed by atoms with van der Waals surface area (Å²) in [6, 6.07) is 13.0. The molecule has 0 aliphatic carbocycles. The highest BCUT2D eigenvalue weighted by Gasteiger charge is 2.08. The van der Waals surface area contributed by atoms with Crippen LogP contribution >= 0.6 is 0 Å². The predicted molar refractivity (Wildman–Crippen MR) is 94.0 cm³/mol. The molecular formula is C17H16N6O2. The second-order valence-corrected chi connectivity index (χ2v) is 5.34. The summed E-state index contributed by atoms with van der Waals surface area (Å²) in [5.41, 5.74) is 7.43. The number of rotatable bonds is 4. The zero-order valence-corrected chi connectivity index (χ0v) is 13.4. The topological polar surface area (TPSA) is 115 Å². The standard InChI is InChI=1S/C17H16N6O2/c1-23-10-19-15(22-23)11-5-7-13(8-6-11)20-16(24)12-3-2-4-14(9-12)21-17(18)25/h2-10H,1H3,(H,20,24)(H3,18,21,25). The molecule has 2 aromatic carbocycles. The molecule has 0 aliphatic heterocycles. The number of nitrogens with one attached hydrogen (secondary N) is 2. The van der Waals surface area contributed by atoms with E-state index >= 15 is 0 Å². The number of primary amides is 1. The van der Waals surface area contributed by atoms with Crippen molar-refractivity contribution in [2.24, 2.45) is 12.8 Å². The van der Waals surface area contributed by atoms with E-state index in [0.29, 0.717) is 22.8 Å². The summed E-state index contributed by atoms with van der Waals surface area (Å²) in [6.45, 7) is 0. The number of hydrogen-bond acceptors (Lipinski definition) is 4. The minimum atomic E-state index is -0.684. The van der Waals surface area contributed by atoms with E-state index in [9.17, 15) is 9.59 Å². The number of anilines is 2. The van der Waals surface area contributed by atoms with Crippen molar-refractivity contribution in [1.82, 2.24) is 14.8 Å². The van der Waals surface area contributed by atoms with Crippen molar-refractivity contribution in [1.29, 1.82) is 0 Å². The Morgan fingerprint density at radius 3 is 2.44 bits per heavy atom. The fraction of sp³-hybridized carbons (Fsp3) is 0.0588. The number of amides is 3. The van der Waals surface area contributed by atoms with Gasteiger partial charge in [-0.15, -0.1) is 0 Å². The highest BCUT2D eigenvalue weighted by Crippen LogP contribution is 2.18. The molecule has 8 nitrogen and oxygen atoms in total. The number of aryl methyl sites for hydroxylation is 1. The van der Waals surface area contributed by atoms with Crippen LogP contribution in [0.4, 0.5) is 16.2 Å². The Morgan fingerprint density at radius 2 is 1.80 bits per heavy atom. The molecule has 0 unspecified atom stereocenters. The van der Waals surface area contributed by atoms with E-state index in [1.54, 1.807) is 54.5 Å². The first-order valence-electron chi connectivity index (χ1n) is 7.45. The van der Waals surface area contributed by atoms with Gasteiger partial charge in [-0.1, -0.05) is 6.07 Å². The molecule has 3 amide bonds. The molecule has 3 rings (SSSR count). The van der Waals surface area contributed by atoms with Crippen molar-refractivity contribution in [3.63, 3.8) is 0 Å². The molecule has 0 spiro atoms. The highest BCUT2D eigenvalue weighted by atomic mass is 16.2. The average molecular weight is 336 g/mol. The van der Waals surface area contributed by atoms with Gasteiger partial charge in [0.05, 0.1) is 0 Å². The summed E-state index contributed by atoms with van der Waals surface area (Å²) in [5, 5.41) is 9.45. The number of nitrogens with two attached hydrogens (primary N) is 1. The van der Waals surface area contributed by atoms with Crippen LogP contribution in [0.2, 0.25) is 0 Å². The van der Waals surface area contributed by atoms with E-state index in [4.69, 9.17) is 5.73 Å². The molecule has 1 heterocycles. The quantitative estimate of drug-likeness (QED) is 0.677. The van der Waals surface area contributed by atoms with Gasteiger partial charge in [-0.05, 0) is 42.5 Å². The summed E-state index contributed by atoms with van der Waals surface area (Å²) in [7, 11) is 1.80. The first-order valence-corrected chi connectivity index (χ1v) is 7.45. The van der Waals surface area contributed by atoms with Crippen molar-refractivity contribution in [2.45, 2.75) is 0 Å². The van der Waals surface area contributed by atoms with Gasteiger partial charge in [0.2, 0.25) is 0 Å². The maximum absolute atomic E-state index is 12.3. The number of benzene rings is 2. The SMILES string of the molecule is Cn1cnc(-c2ccc(NC(=O)c3cccc(NC(N)=O)c3)cc2)n1. The third-order valence-corrected chi connectivity index (χ3v) is 3.39. The molecule has 126 valence electrons. The summed E-state index contributed by atoms with van der Waals surface area (Å²) >= 11 is 0. The van der Waals surface area contributed by atoms with E-state index in [0.717, 1.165) is 5.56 Å². The number of carbonyl (C=O) groups excluding carboxylic acids is 2. The predicted octanol–water partition coefficient (Wildman–Crippen LogP) is 2.22. The zero-order valence-electron chi connectivity index (χ0n) is 13.4. The third kappa shape index (κ3) is 3.99. The smallest absolute Gasteiger partial charge is 0.316 e. The van der Waals surface area contributed by atoms with Crippen molar-refractivity contribution < 1.29 is 9.59 Å². The zero-order chi connectivity index (χ0) is 17.8. The molecule has 0 fully saturated rings. The molecule has 1 aromatic heterocycles. The lowest BCUT2D eigenvalue weighted by Crippen LogP contribution is -2.19. The number of aromatic nitrogens is 3. The van der Waals surface area contributed by atoms with Crippen LogP contribution in [0.5, 0.6) is 0 Å². The lowest BCUT2D eigenvalue weighted by molar-refractivity contribution is 0.102. The van der Waals surface area contributed by atoms with Gasteiger partial charge in [0.15, 0.2) is 5.82 Å². The van der Waals surface area contributed by atoms with Gasteiger partial charge in [0, 0.05) is 29.5 Å². The summed E-state index contributed by atoms with van der Waals surface area (Å²) in [4.78, 5) is 27.4. The summed E-state index contributed by atoms with van der Waals surface area (Å²) < 4.78 is 1.62. The average Bonchev–Trinajstić information content (AvgIpc) is 3.01. The molecule has 8 heteroatoms. The highest BCUT2D eigenvalue weighted by molar-refractivity contribution is 6.05. The minimum Gasteiger partial charge on any atom is -0.351 e. The van der Waals surface area contributed by atoms with Gasteiger partial charge in [-0.3, -0.25) is 9.48 Å². The number of carbonyl (C=O) groups is 2. The fourth-order valence-corrected chi connectivity index (χ4v) is 2.26. The fourth-order valence-electron chi connectivity index (χ4n) is 2.26. The summed E-state index contributed by atoms with van der Waals surface area (Å²) in [5.74, 6) is 0.322. The van der Waals surface area contributed by atoms with Crippen LogP contribution in [0.3, 0.4) is 0 Å². The first-order chi connectivity index (χ1) is 12.0. The van der Waals surface area contributed by atoms with E-state index in [1.807, 2.05) is 12.1 Å². The third-order valence-electron chi connectivity index (χ3n) is 3.39. The maximum Gasteiger partial charge on any atom is 0.316 e. The van der Waals surface area contributed by atoms with Crippen LogP contribution in [-0.2, 0) is 7.05 Å². The lowest BCUT2D eigenvalue weighted by atomic mass is 10.1. The first kappa shape index (κ1) is 16.2. The number of hydrogen-bond donors (Lipinski definition) is 3. The molecule has 0 saturated carbocycles. The van der Waals surface area contributed by atoms with Gasteiger partial charge in [0.25, 0.3) is 5.91 Å². The molecule has 3 aromatic rings. The normalized spacial score (nSPS) is 10.3. The Labute approximate surface area is 143 Å². The molecule has 0 radical (unpaired) electrons. The van der Waals surface area contributed by atoms with Crippen molar-refractivity contribution >= 4 is 23.3 Å². The Bertz CT molecular complexity index is 917. The number of nitrogens with zero attached hydrogens (tertiary/aromatic N) is 3. The van der Waals surface area contributed by atoms with Crippen LogP contribution in [0.15, 0.2) is 54.9 Å². The molecule has 4 N–H and O–H groups in total. The molecular weight excluding hydrogens is 320 g/mol. The van der Waals surface area contributed by atoms with Gasteiger partial charge >= 0.3 is 6.03 Å². The van der Waals surface area contributed by atoms with Crippen molar-refractivity contribution in [3.8, 4) is 11.4 Å². The molecule has 0 atom stereocenters. The van der Waals surface area contributed by atoms with Gasteiger partial charge in [-0.2, -0.15) is 5.10 Å². The second-order valence-electron chi connectivity index (χ2n) is 5.34. The number of urea groups is 1. The Hall–Kier alpha value is -3.68. The Kier molecular flexibility index (Phi) is 4.42. The maximum atomic E-state index is 12.3. The van der Waals surface area contributed by atoms with E-state index in [2.05, 4.69) is 20.7 Å². The summed E-state index contributed by atoms with van der Waals surface area (Å²) in [6.07, 6.45) is 1.62. The second kappa shape index (κ2) is 6.83. The van der Waals surface area contributed by atoms with Crippen LogP contribution in [0.1, 0.15) is 10.4 Å². The van der Waals surface area contributed by atoms with Crippen LogP contribution in [0.25, 0.3) is 11.4 Å². The largest absolute Gasteiger partial charge is 0.351 e. The van der Waals surface area contributed by atoms with E-state index < -0.39 is 6.03 Å². The molecule has 25 heavy (non-hydrogen) atoms. The monoisotopic (exact) mass is 336 g/mol. The van der Waals surface area contributed by atoms with Gasteiger partial charge in [-0.25, -0.2) is 9.78 Å². The van der Waals surface area contributed by atoms with E-state index in [-0.39, 0.29) is 5.91 Å².